The first-order chi connectivity index (χ1) is 7.59. The summed E-state index contributed by atoms with van der Waals surface area (Å²) in [5, 5.41) is 6.92. The van der Waals surface area contributed by atoms with Gasteiger partial charge < -0.3 is 10.6 Å². The number of carbonyl (C=O) groups excluding carboxylic acids is 2. The van der Waals surface area contributed by atoms with Gasteiger partial charge in [-0.3, -0.25) is 9.59 Å². The highest BCUT2D eigenvalue weighted by molar-refractivity contribution is 9.11. The first-order valence-electron chi connectivity index (χ1n) is 4.51. The van der Waals surface area contributed by atoms with Gasteiger partial charge in [-0.2, -0.15) is 0 Å². The molecule has 1 heterocycles. The van der Waals surface area contributed by atoms with Gasteiger partial charge >= 0.3 is 0 Å². The minimum atomic E-state index is -0.245. The summed E-state index contributed by atoms with van der Waals surface area (Å²) >= 11 is 4.46. The van der Waals surface area contributed by atoms with Gasteiger partial charge in [0.05, 0.1) is 11.4 Å². The molecule has 1 aromatic heterocycles. The number of thiophene rings is 1. The maximum Gasteiger partial charge on any atom is 0.261 e. The smallest absolute Gasteiger partial charge is 0.261 e. The minimum Gasteiger partial charge on any atom is -0.350 e. The molecule has 0 aromatic carbocycles. The van der Waals surface area contributed by atoms with Crippen LogP contribution in [0.3, 0.4) is 0 Å². The Labute approximate surface area is 106 Å². The molecule has 0 saturated heterocycles. The molecule has 2 amide bonds. The average Bonchev–Trinajstić information content (AvgIpc) is 2.76. The summed E-state index contributed by atoms with van der Waals surface area (Å²) in [6, 6.07) is 3.49. The van der Waals surface area contributed by atoms with Gasteiger partial charge in [0.2, 0.25) is 5.91 Å². The topological polar surface area (TPSA) is 58.2 Å². The van der Waals surface area contributed by atoms with Crippen molar-refractivity contribution in [3.63, 3.8) is 0 Å². The Bertz CT molecular complexity index is 390. The largest absolute Gasteiger partial charge is 0.350 e. The van der Waals surface area contributed by atoms with Crippen LogP contribution in [0, 0.1) is 0 Å². The maximum absolute atomic E-state index is 11.4. The zero-order valence-corrected chi connectivity index (χ0v) is 10.9. The number of halogens is 1. The van der Waals surface area contributed by atoms with Crippen LogP contribution in [0.4, 0.5) is 0 Å². The van der Waals surface area contributed by atoms with Crippen molar-refractivity contribution in [2.75, 3.05) is 13.1 Å². The molecule has 0 aliphatic rings. The molecule has 0 unspecified atom stereocenters. The van der Waals surface area contributed by atoms with E-state index >= 15 is 0 Å². The molecule has 0 bridgehead atoms. The molecule has 0 aliphatic carbocycles. The summed E-state index contributed by atoms with van der Waals surface area (Å²) in [5.41, 5.74) is 0. The number of hydrogen-bond acceptors (Lipinski definition) is 3. The van der Waals surface area contributed by atoms with Crippen molar-refractivity contribution < 1.29 is 9.59 Å². The van der Waals surface area contributed by atoms with Crippen molar-refractivity contribution in [2.24, 2.45) is 0 Å². The van der Waals surface area contributed by atoms with E-state index in [1.165, 1.54) is 11.3 Å². The Kier molecular flexibility index (Phi) is 5.21. The highest BCUT2D eigenvalue weighted by Gasteiger charge is 2.07. The molecule has 1 aromatic rings. The third kappa shape index (κ3) is 4.59. The number of amides is 2. The van der Waals surface area contributed by atoms with Crippen molar-refractivity contribution in [3.8, 4) is 0 Å². The van der Waals surface area contributed by atoms with Gasteiger partial charge in [-0.25, -0.2) is 0 Å². The molecule has 0 radical (unpaired) electrons. The molecule has 0 saturated carbocycles. The standard InChI is InChI=1S/C10H11BrN2O2S/c1-7(11)5-12-9(14)6-13-10(15)8-3-2-4-16-8/h2-4H,1,5-6H2,(H,12,14)(H,13,15). The van der Waals surface area contributed by atoms with Crippen LogP contribution in [-0.2, 0) is 4.79 Å². The Morgan fingerprint density at radius 3 is 2.69 bits per heavy atom. The summed E-state index contributed by atoms with van der Waals surface area (Å²) < 4.78 is 0.686. The Morgan fingerprint density at radius 1 is 1.38 bits per heavy atom. The second-order valence-electron chi connectivity index (χ2n) is 2.95. The van der Waals surface area contributed by atoms with E-state index in [1.807, 2.05) is 5.38 Å². The lowest BCUT2D eigenvalue weighted by atomic mass is 10.4. The molecule has 2 N–H and O–H groups in total. The monoisotopic (exact) mass is 302 g/mol. The average molecular weight is 303 g/mol. The van der Waals surface area contributed by atoms with Crippen molar-refractivity contribution in [3.05, 3.63) is 33.5 Å². The van der Waals surface area contributed by atoms with Crippen LogP contribution in [0.25, 0.3) is 0 Å². The summed E-state index contributed by atoms with van der Waals surface area (Å²) in [6.07, 6.45) is 0. The predicted octanol–water partition coefficient (Wildman–Crippen LogP) is 1.50. The van der Waals surface area contributed by atoms with E-state index < -0.39 is 0 Å². The number of hydrogen-bond donors (Lipinski definition) is 2. The number of rotatable bonds is 5. The van der Waals surface area contributed by atoms with Gasteiger partial charge in [0.25, 0.3) is 5.91 Å². The summed E-state index contributed by atoms with van der Waals surface area (Å²) in [6.45, 7) is 3.90. The number of nitrogens with one attached hydrogen (secondary N) is 2. The summed E-state index contributed by atoms with van der Waals surface area (Å²) in [5.74, 6) is -0.478. The SMILES string of the molecule is C=C(Br)CNC(=O)CNC(=O)c1cccs1. The van der Waals surface area contributed by atoms with Crippen LogP contribution < -0.4 is 10.6 Å². The second kappa shape index (κ2) is 6.44. The third-order valence-corrected chi connectivity index (χ3v) is 2.78. The highest BCUT2D eigenvalue weighted by Crippen LogP contribution is 2.07. The highest BCUT2D eigenvalue weighted by atomic mass is 79.9. The molecular formula is C10H11BrN2O2S. The Balaban J connectivity index is 2.27. The van der Waals surface area contributed by atoms with E-state index in [4.69, 9.17) is 0 Å². The molecule has 0 atom stereocenters. The van der Waals surface area contributed by atoms with Crippen LogP contribution in [-0.4, -0.2) is 24.9 Å². The molecule has 16 heavy (non-hydrogen) atoms. The van der Waals surface area contributed by atoms with E-state index in [9.17, 15) is 9.59 Å². The molecule has 86 valence electrons. The van der Waals surface area contributed by atoms with Crippen LogP contribution in [0.15, 0.2) is 28.6 Å². The fraction of sp³-hybridized carbons (Fsp3) is 0.200. The molecule has 6 heteroatoms. The quantitative estimate of drug-likeness (QED) is 0.866. The van der Waals surface area contributed by atoms with Gasteiger partial charge in [0.15, 0.2) is 0 Å². The van der Waals surface area contributed by atoms with Crippen LogP contribution >= 0.6 is 27.3 Å². The molecular weight excluding hydrogens is 292 g/mol. The first-order valence-corrected chi connectivity index (χ1v) is 6.18. The zero-order chi connectivity index (χ0) is 12.0. The van der Waals surface area contributed by atoms with Crippen LogP contribution in [0.2, 0.25) is 0 Å². The van der Waals surface area contributed by atoms with Gasteiger partial charge in [-0.15, -0.1) is 11.3 Å². The second-order valence-corrected chi connectivity index (χ2v) is 5.02. The van der Waals surface area contributed by atoms with Crippen molar-refractivity contribution in [1.82, 2.24) is 10.6 Å². The normalized spacial score (nSPS) is 9.56. The zero-order valence-electron chi connectivity index (χ0n) is 8.46. The van der Waals surface area contributed by atoms with Gasteiger partial charge in [-0.1, -0.05) is 28.6 Å². The van der Waals surface area contributed by atoms with Gasteiger partial charge in [0, 0.05) is 11.0 Å². The molecule has 0 aliphatic heterocycles. The fourth-order valence-electron chi connectivity index (χ4n) is 0.912. The lowest BCUT2D eigenvalue weighted by Crippen LogP contribution is -2.37. The fourth-order valence-corrected chi connectivity index (χ4v) is 1.69. The van der Waals surface area contributed by atoms with Crippen molar-refractivity contribution >= 4 is 39.1 Å². The molecule has 1 rings (SSSR count). The van der Waals surface area contributed by atoms with Crippen LogP contribution in [0.5, 0.6) is 0 Å². The molecule has 0 spiro atoms. The molecule has 0 fully saturated rings. The lowest BCUT2D eigenvalue weighted by molar-refractivity contribution is -0.119. The minimum absolute atomic E-state index is 0.0307. The first kappa shape index (κ1) is 12.9. The summed E-state index contributed by atoms with van der Waals surface area (Å²) in [7, 11) is 0. The third-order valence-electron chi connectivity index (χ3n) is 1.63. The Hall–Kier alpha value is -1.14. The number of carbonyl (C=O) groups is 2. The predicted molar refractivity (Wildman–Crippen MR) is 67.7 cm³/mol. The van der Waals surface area contributed by atoms with E-state index in [2.05, 4.69) is 33.1 Å². The Morgan fingerprint density at radius 2 is 2.12 bits per heavy atom. The van der Waals surface area contributed by atoms with Crippen LogP contribution in [0.1, 0.15) is 9.67 Å². The van der Waals surface area contributed by atoms with Crippen molar-refractivity contribution in [1.29, 1.82) is 0 Å². The summed E-state index contributed by atoms with van der Waals surface area (Å²) in [4.78, 5) is 23.3. The maximum atomic E-state index is 11.4. The lowest BCUT2D eigenvalue weighted by Gasteiger charge is -2.04. The van der Waals surface area contributed by atoms with E-state index in [0.717, 1.165) is 0 Å². The van der Waals surface area contributed by atoms with E-state index in [-0.39, 0.29) is 18.4 Å². The molecule has 4 nitrogen and oxygen atoms in total. The van der Waals surface area contributed by atoms with E-state index in [0.29, 0.717) is 15.9 Å². The van der Waals surface area contributed by atoms with Crippen molar-refractivity contribution in [2.45, 2.75) is 0 Å². The van der Waals surface area contributed by atoms with Gasteiger partial charge in [0.1, 0.15) is 0 Å². The van der Waals surface area contributed by atoms with E-state index in [1.54, 1.807) is 12.1 Å². The van der Waals surface area contributed by atoms with Gasteiger partial charge in [-0.05, 0) is 11.4 Å².